The van der Waals surface area contributed by atoms with Crippen molar-refractivity contribution in [1.82, 2.24) is 24.4 Å². The summed E-state index contributed by atoms with van der Waals surface area (Å²) in [5, 5.41) is 0. The molecule has 1 aliphatic heterocycles. The van der Waals surface area contributed by atoms with Crippen molar-refractivity contribution in [2.45, 2.75) is 39.3 Å². The molecule has 2 aromatic heterocycles. The minimum Gasteiger partial charge on any atom is -0.340 e. The van der Waals surface area contributed by atoms with E-state index in [4.69, 9.17) is 4.98 Å². The summed E-state index contributed by atoms with van der Waals surface area (Å²) in [4.78, 5) is 16.0. The smallest absolute Gasteiger partial charge is 0.131 e. The van der Waals surface area contributed by atoms with Gasteiger partial charge in [-0.15, -0.1) is 0 Å². The van der Waals surface area contributed by atoms with E-state index in [2.05, 4.69) is 34.9 Å². The molecule has 0 unspecified atom stereocenters. The van der Waals surface area contributed by atoms with Crippen LogP contribution in [0.5, 0.6) is 0 Å². The number of fused-ring (bicyclic) bond motifs is 1. The lowest BCUT2D eigenvalue weighted by Crippen LogP contribution is -2.31. The SMILES string of the molecule is CC(C)c1ncc2c(n1)CCN(Cc1cn(C)cn1)C2. The van der Waals surface area contributed by atoms with Gasteiger partial charge in [0.05, 0.1) is 12.0 Å². The van der Waals surface area contributed by atoms with Crippen molar-refractivity contribution >= 4 is 0 Å². The first-order chi connectivity index (χ1) is 9.61. The molecule has 0 bridgehead atoms. The van der Waals surface area contributed by atoms with Crippen LogP contribution in [-0.2, 0) is 26.6 Å². The van der Waals surface area contributed by atoms with Gasteiger partial charge in [0.2, 0.25) is 0 Å². The number of nitrogens with zero attached hydrogens (tertiary/aromatic N) is 5. The standard InChI is InChI=1S/C15H21N5/c1-11(2)15-16-6-12-7-20(5-4-14(12)18-15)9-13-8-19(3)10-17-13/h6,8,10-11H,4-5,7,9H2,1-3H3. The molecule has 5 nitrogen and oxygen atoms in total. The number of rotatable bonds is 3. The maximum atomic E-state index is 4.70. The normalized spacial score (nSPS) is 15.6. The van der Waals surface area contributed by atoms with Crippen molar-refractivity contribution in [2.75, 3.05) is 6.54 Å². The van der Waals surface area contributed by atoms with Gasteiger partial charge in [0, 0.05) is 62.7 Å². The summed E-state index contributed by atoms with van der Waals surface area (Å²) in [6.07, 6.45) is 6.94. The van der Waals surface area contributed by atoms with Crippen LogP contribution in [0.3, 0.4) is 0 Å². The maximum absolute atomic E-state index is 4.70. The Morgan fingerprint density at radius 2 is 2.15 bits per heavy atom. The molecule has 0 atom stereocenters. The molecule has 3 heterocycles. The van der Waals surface area contributed by atoms with E-state index in [1.165, 1.54) is 11.3 Å². The predicted molar refractivity (Wildman–Crippen MR) is 77.1 cm³/mol. The summed E-state index contributed by atoms with van der Waals surface area (Å²) in [6.45, 7) is 7.13. The van der Waals surface area contributed by atoms with Crippen molar-refractivity contribution < 1.29 is 0 Å². The summed E-state index contributed by atoms with van der Waals surface area (Å²) >= 11 is 0. The average molecular weight is 271 g/mol. The third-order valence-electron chi connectivity index (χ3n) is 3.69. The van der Waals surface area contributed by atoms with Gasteiger partial charge in [-0.25, -0.2) is 15.0 Å². The topological polar surface area (TPSA) is 46.8 Å². The quantitative estimate of drug-likeness (QED) is 0.855. The molecule has 20 heavy (non-hydrogen) atoms. The number of imidazole rings is 1. The fraction of sp³-hybridized carbons (Fsp3) is 0.533. The van der Waals surface area contributed by atoms with E-state index in [1.807, 2.05) is 24.1 Å². The van der Waals surface area contributed by atoms with Crippen LogP contribution in [0.15, 0.2) is 18.7 Å². The molecule has 3 rings (SSSR count). The second-order valence-corrected chi connectivity index (χ2v) is 5.85. The summed E-state index contributed by atoms with van der Waals surface area (Å²) in [7, 11) is 2.00. The average Bonchev–Trinajstić information content (AvgIpc) is 2.83. The summed E-state index contributed by atoms with van der Waals surface area (Å²) in [5.74, 6) is 1.36. The third-order valence-corrected chi connectivity index (χ3v) is 3.69. The molecule has 0 aromatic carbocycles. The Hall–Kier alpha value is -1.75. The molecule has 0 radical (unpaired) electrons. The largest absolute Gasteiger partial charge is 0.340 e. The van der Waals surface area contributed by atoms with Gasteiger partial charge >= 0.3 is 0 Å². The Labute approximate surface area is 119 Å². The van der Waals surface area contributed by atoms with E-state index in [1.54, 1.807) is 0 Å². The molecular weight excluding hydrogens is 250 g/mol. The fourth-order valence-corrected chi connectivity index (χ4v) is 2.58. The highest BCUT2D eigenvalue weighted by atomic mass is 15.2. The number of hydrogen-bond acceptors (Lipinski definition) is 4. The van der Waals surface area contributed by atoms with Crippen molar-refractivity contribution in [3.05, 3.63) is 41.5 Å². The second kappa shape index (κ2) is 5.32. The van der Waals surface area contributed by atoms with E-state index in [0.29, 0.717) is 5.92 Å². The van der Waals surface area contributed by atoms with Crippen LogP contribution in [0.25, 0.3) is 0 Å². The lowest BCUT2D eigenvalue weighted by Gasteiger charge is -2.27. The molecule has 0 N–H and O–H groups in total. The summed E-state index contributed by atoms with van der Waals surface area (Å²) in [6, 6.07) is 0. The zero-order chi connectivity index (χ0) is 14.1. The lowest BCUT2D eigenvalue weighted by molar-refractivity contribution is 0.240. The van der Waals surface area contributed by atoms with E-state index < -0.39 is 0 Å². The van der Waals surface area contributed by atoms with Crippen LogP contribution in [-0.4, -0.2) is 31.0 Å². The van der Waals surface area contributed by atoms with Crippen LogP contribution < -0.4 is 0 Å². The van der Waals surface area contributed by atoms with E-state index in [0.717, 1.165) is 37.6 Å². The van der Waals surface area contributed by atoms with Crippen molar-refractivity contribution in [2.24, 2.45) is 7.05 Å². The Balaban J connectivity index is 1.72. The van der Waals surface area contributed by atoms with Gasteiger partial charge in [-0.05, 0) is 0 Å². The van der Waals surface area contributed by atoms with E-state index >= 15 is 0 Å². The van der Waals surface area contributed by atoms with Gasteiger partial charge in [-0.1, -0.05) is 13.8 Å². The predicted octanol–water partition coefficient (Wildman–Crippen LogP) is 1.89. The highest BCUT2D eigenvalue weighted by molar-refractivity contribution is 5.21. The first-order valence-corrected chi connectivity index (χ1v) is 7.15. The molecule has 106 valence electrons. The third kappa shape index (κ3) is 2.72. The van der Waals surface area contributed by atoms with Crippen LogP contribution in [0.4, 0.5) is 0 Å². The Kier molecular flexibility index (Phi) is 3.53. The van der Waals surface area contributed by atoms with Gasteiger partial charge in [0.25, 0.3) is 0 Å². The van der Waals surface area contributed by atoms with Crippen LogP contribution in [0, 0.1) is 0 Å². The van der Waals surface area contributed by atoms with Crippen molar-refractivity contribution in [3.8, 4) is 0 Å². The number of aromatic nitrogens is 4. The van der Waals surface area contributed by atoms with Crippen LogP contribution in [0.1, 0.15) is 42.5 Å². The molecule has 0 saturated carbocycles. The van der Waals surface area contributed by atoms with Gasteiger partial charge < -0.3 is 4.57 Å². The first-order valence-electron chi connectivity index (χ1n) is 7.15. The number of aryl methyl sites for hydroxylation is 1. The zero-order valence-electron chi connectivity index (χ0n) is 12.4. The van der Waals surface area contributed by atoms with E-state index in [-0.39, 0.29) is 0 Å². The Morgan fingerprint density at radius 1 is 1.30 bits per heavy atom. The maximum Gasteiger partial charge on any atom is 0.131 e. The molecule has 0 saturated heterocycles. The highest BCUT2D eigenvalue weighted by Crippen LogP contribution is 2.20. The van der Waals surface area contributed by atoms with Gasteiger partial charge in [0.15, 0.2) is 0 Å². The molecule has 0 amide bonds. The fourth-order valence-electron chi connectivity index (χ4n) is 2.58. The van der Waals surface area contributed by atoms with Gasteiger partial charge in [0.1, 0.15) is 5.82 Å². The molecular formula is C15H21N5. The zero-order valence-corrected chi connectivity index (χ0v) is 12.4. The minimum absolute atomic E-state index is 0.395. The Morgan fingerprint density at radius 3 is 2.85 bits per heavy atom. The summed E-state index contributed by atoms with van der Waals surface area (Å²) < 4.78 is 1.99. The summed E-state index contributed by atoms with van der Waals surface area (Å²) in [5.41, 5.74) is 3.60. The first kappa shape index (κ1) is 13.2. The van der Waals surface area contributed by atoms with Crippen LogP contribution in [0.2, 0.25) is 0 Å². The minimum atomic E-state index is 0.395. The number of hydrogen-bond donors (Lipinski definition) is 0. The van der Waals surface area contributed by atoms with Crippen molar-refractivity contribution in [1.29, 1.82) is 0 Å². The molecule has 1 aliphatic rings. The monoisotopic (exact) mass is 271 g/mol. The van der Waals surface area contributed by atoms with Gasteiger partial charge in [-0.2, -0.15) is 0 Å². The lowest BCUT2D eigenvalue weighted by atomic mass is 10.1. The molecule has 0 fully saturated rings. The van der Waals surface area contributed by atoms with Crippen LogP contribution >= 0.6 is 0 Å². The molecule has 0 aliphatic carbocycles. The second-order valence-electron chi connectivity index (χ2n) is 5.85. The Bertz CT molecular complexity index is 602. The van der Waals surface area contributed by atoms with Crippen molar-refractivity contribution in [3.63, 3.8) is 0 Å². The van der Waals surface area contributed by atoms with Gasteiger partial charge in [-0.3, -0.25) is 4.90 Å². The highest BCUT2D eigenvalue weighted by Gasteiger charge is 2.19. The molecule has 5 heteroatoms. The van der Waals surface area contributed by atoms with E-state index in [9.17, 15) is 0 Å². The molecule has 0 spiro atoms. The molecule has 2 aromatic rings.